The van der Waals surface area contributed by atoms with Gasteiger partial charge in [0.15, 0.2) is 5.16 Å². The first kappa shape index (κ1) is 14.1. The number of aromatic nitrogens is 2. The normalized spacial score (nSPS) is 12.6. The smallest absolute Gasteiger partial charge is 0.323 e. The fraction of sp³-hybridized carbons (Fsp3) is 0.333. The number of carboxylic acid groups (broad SMARTS) is 1. The molecule has 8 heteroatoms. The molecule has 0 radical (unpaired) electrons. The van der Waals surface area contributed by atoms with E-state index in [1.54, 1.807) is 0 Å². The number of hydrogen-bond donors (Lipinski definition) is 1. The van der Waals surface area contributed by atoms with Gasteiger partial charge in [-0.25, -0.2) is 4.98 Å². The van der Waals surface area contributed by atoms with Crippen molar-refractivity contribution in [3.63, 3.8) is 0 Å². The lowest BCUT2D eigenvalue weighted by Gasteiger charge is -2.17. The molecule has 0 saturated carbocycles. The number of carboxylic acids is 1. The Morgan fingerprint density at radius 2 is 2.35 bits per heavy atom. The van der Waals surface area contributed by atoms with Gasteiger partial charge in [-0.1, -0.05) is 17.7 Å². The highest BCUT2D eigenvalue weighted by molar-refractivity contribution is 7.99. The number of hydrogen-bond acceptors (Lipinski definition) is 5. The summed E-state index contributed by atoms with van der Waals surface area (Å²) >= 11 is 1.43. The maximum atomic E-state index is 12.2. The molecule has 0 saturated heterocycles. The van der Waals surface area contributed by atoms with E-state index in [9.17, 15) is 14.4 Å². The third-order valence-corrected chi connectivity index (χ3v) is 3.65. The van der Waals surface area contributed by atoms with Crippen molar-refractivity contribution in [3.8, 4) is 12.3 Å². The minimum absolute atomic E-state index is 0.159. The lowest BCUT2D eigenvalue weighted by molar-refractivity contribution is -0.137. The van der Waals surface area contributed by atoms with Crippen LogP contribution in [0, 0.1) is 12.3 Å². The second kappa shape index (κ2) is 5.79. The standard InChI is InChI=1S/C12H11N3O4S/c1-2-3-14(7-9(16)17)10(18)8-6-13-12-15(11(8)19)4-5-20-12/h1,6H,3-5,7H2,(H,16,17). The molecule has 0 spiro atoms. The fourth-order valence-electron chi connectivity index (χ4n) is 1.81. The van der Waals surface area contributed by atoms with Gasteiger partial charge in [-0.2, -0.15) is 0 Å². The molecule has 0 aromatic carbocycles. The van der Waals surface area contributed by atoms with Crippen LogP contribution in [0.2, 0.25) is 0 Å². The minimum atomic E-state index is -1.20. The molecule has 2 heterocycles. The van der Waals surface area contributed by atoms with Gasteiger partial charge in [0, 0.05) is 18.5 Å². The summed E-state index contributed by atoms with van der Waals surface area (Å²) in [5.41, 5.74) is -0.620. The number of carbonyl (C=O) groups excluding carboxylic acids is 1. The maximum absolute atomic E-state index is 12.2. The zero-order valence-electron chi connectivity index (χ0n) is 10.4. The van der Waals surface area contributed by atoms with E-state index in [4.69, 9.17) is 11.5 Å². The Hall–Kier alpha value is -2.27. The first-order valence-electron chi connectivity index (χ1n) is 5.71. The Morgan fingerprint density at radius 3 is 3.00 bits per heavy atom. The van der Waals surface area contributed by atoms with Crippen LogP contribution in [0.15, 0.2) is 16.1 Å². The molecule has 0 bridgehead atoms. The zero-order chi connectivity index (χ0) is 14.7. The summed E-state index contributed by atoms with van der Waals surface area (Å²) in [5, 5.41) is 9.33. The second-order valence-electron chi connectivity index (χ2n) is 4.02. The monoisotopic (exact) mass is 293 g/mol. The molecule has 1 aromatic heterocycles. The number of rotatable bonds is 4. The van der Waals surface area contributed by atoms with E-state index in [-0.39, 0.29) is 12.1 Å². The van der Waals surface area contributed by atoms with E-state index < -0.39 is 24.0 Å². The second-order valence-corrected chi connectivity index (χ2v) is 5.08. The number of terminal acetylenes is 1. The molecule has 1 aromatic rings. The van der Waals surface area contributed by atoms with Crippen LogP contribution >= 0.6 is 11.8 Å². The number of fused-ring (bicyclic) bond motifs is 1. The van der Waals surface area contributed by atoms with Crippen molar-refractivity contribution in [1.82, 2.24) is 14.5 Å². The molecule has 20 heavy (non-hydrogen) atoms. The quantitative estimate of drug-likeness (QED) is 0.595. The van der Waals surface area contributed by atoms with Crippen molar-refractivity contribution in [2.45, 2.75) is 11.7 Å². The Morgan fingerprint density at radius 1 is 1.60 bits per heavy atom. The lowest BCUT2D eigenvalue weighted by atomic mass is 10.2. The SMILES string of the molecule is C#CCN(CC(=O)O)C(=O)c1cnc2n(c1=O)CCS2. The number of carbonyl (C=O) groups is 2. The van der Waals surface area contributed by atoms with Crippen LogP contribution in [0.1, 0.15) is 10.4 Å². The fourth-order valence-corrected chi connectivity index (χ4v) is 2.72. The van der Waals surface area contributed by atoms with E-state index in [1.807, 2.05) is 0 Å². The van der Waals surface area contributed by atoms with Crippen molar-refractivity contribution in [2.24, 2.45) is 0 Å². The number of thioether (sulfide) groups is 1. The molecule has 1 N–H and O–H groups in total. The van der Waals surface area contributed by atoms with Gasteiger partial charge in [-0.05, 0) is 0 Å². The van der Waals surface area contributed by atoms with Gasteiger partial charge in [-0.3, -0.25) is 19.0 Å². The molecular weight excluding hydrogens is 282 g/mol. The molecule has 0 unspecified atom stereocenters. The van der Waals surface area contributed by atoms with E-state index >= 15 is 0 Å². The zero-order valence-corrected chi connectivity index (χ0v) is 11.2. The van der Waals surface area contributed by atoms with Crippen LogP contribution < -0.4 is 5.56 Å². The van der Waals surface area contributed by atoms with Crippen LogP contribution in [0.5, 0.6) is 0 Å². The number of nitrogens with zero attached hydrogens (tertiary/aromatic N) is 3. The molecule has 1 aliphatic rings. The Balaban J connectivity index is 2.35. The third kappa shape index (κ3) is 2.67. The summed E-state index contributed by atoms with van der Waals surface area (Å²) in [6, 6.07) is 0. The highest BCUT2D eigenvalue weighted by Crippen LogP contribution is 2.20. The van der Waals surface area contributed by atoms with E-state index in [0.29, 0.717) is 11.7 Å². The summed E-state index contributed by atoms with van der Waals surface area (Å²) in [7, 11) is 0. The van der Waals surface area contributed by atoms with Crippen molar-refractivity contribution >= 4 is 23.6 Å². The summed E-state index contributed by atoms with van der Waals surface area (Å²) < 4.78 is 1.41. The van der Waals surface area contributed by atoms with Crippen LogP contribution in [-0.4, -0.2) is 50.3 Å². The lowest BCUT2D eigenvalue weighted by Crippen LogP contribution is -2.40. The topological polar surface area (TPSA) is 92.5 Å². The van der Waals surface area contributed by atoms with E-state index in [2.05, 4.69) is 10.9 Å². The third-order valence-electron chi connectivity index (χ3n) is 2.68. The van der Waals surface area contributed by atoms with E-state index in [1.165, 1.54) is 22.5 Å². The highest BCUT2D eigenvalue weighted by atomic mass is 32.2. The van der Waals surface area contributed by atoms with Gasteiger partial charge in [0.2, 0.25) is 0 Å². The van der Waals surface area contributed by atoms with Gasteiger partial charge in [0.25, 0.3) is 11.5 Å². The molecule has 0 fully saturated rings. The number of amides is 1. The molecule has 7 nitrogen and oxygen atoms in total. The Labute approximate surface area is 118 Å². The summed E-state index contributed by atoms with van der Waals surface area (Å²) in [5.74, 6) is 1.02. The van der Waals surface area contributed by atoms with Gasteiger partial charge in [0.1, 0.15) is 12.1 Å². The molecule has 1 aliphatic heterocycles. The van der Waals surface area contributed by atoms with Crippen LogP contribution in [0.25, 0.3) is 0 Å². The highest BCUT2D eigenvalue weighted by Gasteiger charge is 2.24. The Bertz CT molecular complexity index is 662. The largest absolute Gasteiger partial charge is 0.480 e. The van der Waals surface area contributed by atoms with Crippen molar-refractivity contribution in [2.75, 3.05) is 18.8 Å². The summed E-state index contributed by atoms with van der Waals surface area (Å²) in [6.07, 6.45) is 6.29. The van der Waals surface area contributed by atoms with Crippen LogP contribution in [-0.2, 0) is 11.3 Å². The molecule has 104 valence electrons. The van der Waals surface area contributed by atoms with Gasteiger partial charge in [-0.15, -0.1) is 6.42 Å². The maximum Gasteiger partial charge on any atom is 0.323 e. The molecule has 1 amide bonds. The summed E-state index contributed by atoms with van der Waals surface area (Å²) in [4.78, 5) is 40.1. The number of aliphatic carboxylic acids is 1. The summed E-state index contributed by atoms with van der Waals surface area (Å²) in [6.45, 7) is -0.249. The van der Waals surface area contributed by atoms with Crippen molar-refractivity contribution in [1.29, 1.82) is 0 Å². The van der Waals surface area contributed by atoms with Crippen molar-refractivity contribution in [3.05, 3.63) is 22.1 Å². The minimum Gasteiger partial charge on any atom is -0.480 e. The van der Waals surface area contributed by atoms with Crippen LogP contribution in [0.3, 0.4) is 0 Å². The predicted molar refractivity (Wildman–Crippen MR) is 71.6 cm³/mol. The average Bonchev–Trinajstić information content (AvgIpc) is 2.87. The van der Waals surface area contributed by atoms with E-state index in [0.717, 1.165) is 10.7 Å². The van der Waals surface area contributed by atoms with Gasteiger partial charge >= 0.3 is 5.97 Å². The van der Waals surface area contributed by atoms with Crippen molar-refractivity contribution < 1.29 is 14.7 Å². The predicted octanol–water partition coefficient (Wildman–Crippen LogP) is -0.491. The van der Waals surface area contributed by atoms with Gasteiger partial charge < -0.3 is 10.0 Å². The molecule has 0 atom stereocenters. The molecule has 2 rings (SSSR count). The van der Waals surface area contributed by atoms with Crippen LogP contribution in [0.4, 0.5) is 0 Å². The molecule has 0 aliphatic carbocycles. The van der Waals surface area contributed by atoms with Gasteiger partial charge in [0.05, 0.1) is 6.54 Å². The first-order valence-corrected chi connectivity index (χ1v) is 6.70. The average molecular weight is 293 g/mol. The molecular formula is C12H11N3O4S. The first-order chi connectivity index (χ1) is 9.54. The Kier molecular flexibility index (Phi) is 4.10.